The van der Waals surface area contributed by atoms with Gasteiger partial charge in [0.25, 0.3) is 0 Å². The zero-order valence-corrected chi connectivity index (χ0v) is 22.9. The maximum absolute atomic E-state index is 13.3. The lowest BCUT2D eigenvalue weighted by Gasteiger charge is -2.65. The molecule has 4 heterocycles. The summed E-state index contributed by atoms with van der Waals surface area (Å²) in [5.74, 6) is 0.741. The van der Waals surface area contributed by atoms with Gasteiger partial charge >= 0.3 is 0 Å². The highest BCUT2D eigenvalue weighted by Crippen LogP contribution is 2.62. The number of carbonyl (C=O) groups is 1. The van der Waals surface area contributed by atoms with E-state index in [-0.39, 0.29) is 6.04 Å². The van der Waals surface area contributed by atoms with Crippen molar-refractivity contribution in [3.63, 3.8) is 0 Å². The molecule has 0 radical (unpaired) electrons. The molecule has 0 aromatic heterocycles. The Morgan fingerprint density at radius 2 is 1.62 bits per heavy atom. The van der Waals surface area contributed by atoms with Crippen LogP contribution in [0.4, 0.5) is 0 Å². The fraction of sp³-hybridized carbons (Fsp3) is 0.781. The number of allylic oxidation sites excluding steroid dienone is 5. The zero-order valence-electron chi connectivity index (χ0n) is 22.9. The molecule has 2 N–H and O–H groups in total. The zero-order chi connectivity index (χ0) is 25.7. The third-order valence-corrected chi connectivity index (χ3v) is 10.5. The second-order valence-electron chi connectivity index (χ2n) is 12.7. The number of aldehydes is 1. The van der Waals surface area contributed by atoms with Gasteiger partial charge in [-0.1, -0.05) is 81.4 Å². The SMILES string of the molecule is O=C[C@@]12CCCCCCCCCCN3CC[C@@H]4[C@@H](CN5CCC/C=C\C/C=C\C=C\[C@H](O)[C@@H](O)[C@@]45[C@@H]31)C2. The molecular weight excluding hydrogens is 460 g/mol. The van der Waals surface area contributed by atoms with E-state index >= 15 is 0 Å². The molecule has 5 aliphatic rings. The molecule has 37 heavy (non-hydrogen) atoms. The van der Waals surface area contributed by atoms with Crippen LogP contribution < -0.4 is 0 Å². The first-order valence-electron chi connectivity index (χ1n) is 15.4. The highest BCUT2D eigenvalue weighted by molar-refractivity contribution is 5.63. The van der Waals surface area contributed by atoms with Crippen molar-refractivity contribution < 1.29 is 15.0 Å². The summed E-state index contributed by atoms with van der Waals surface area (Å²) in [6.45, 7) is 3.88. The molecule has 4 aliphatic heterocycles. The van der Waals surface area contributed by atoms with Crippen LogP contribution in [0.25, 0.3) is 0 Å². The van der Waals surface area contributed by atoms with Crippen LogP contribution in [0.2, 0.25) is 0 Å². The van der Waals surface area contributed by atoms with E-state index in [4.69, 9.17) is 0 Å². The minimum absolute atomic E-state index is 0.0345. The van der Waals surface area contributed by atoms with Crippen LogP contribution in [0.3, 0.4) is 0 Å². The van der Waals surface area contributed by atoms with Crippen LogP contribution in [0.1, 0.15) is 89.9 Å². The lowest BCUT2D eigenvalue weighted by Crippen LogP contribution is -2.78. The van der Waals surface area contributed by atoms with Crippen molar-refractivity contribution in [1.82, 2.24) is 9.80 Å². The molecule has 0 unspecified atom stereocenters. The van der Waals surface area contributed by atoms with E-state index in [0.29, 0.717) is 11.8 Å². The van der Waals surface area contributed by atoms with Gasteiger partial charge in [0.15, 0.2) is 0 Å². The molecule has 1 saturated carbocycles. The number of carbonyl (C=O) groups excluding carboxylic acids is 1. The van der Waals surface area contributed by atoms with Crippen LogP contribution in [0, 0.1) is 17.3 Å². The second kappa shape index (κ2) is 12.3. The van der Waals surface area contributed by atoms with Gasteiger partial charge in [-0.15, -0.1) is 0 Å². The Labute approximate surface area is 224 Å². The summed E-state index contributed by atoms with van der Waals surface area (Å²) in [7, 11) is 0. The number of aliphatic hydroxyl groups excluding tert-OH is 2. The van der Waals surface area contributed by atoms with Gasteiger partial charge in [0, 0.05) is 18.0 Å². The maximum Gasteiger partial charge on any atom is 0.127 e. The Kier molecular flexibility index (Phi) is 9.06. The lowest BCUT2D eigenvalue weighted by molar-refractivity contribution is -0.190. The average molecular weight is 511 g/mol. The number of nitrogens with zero attached hydrogens (tertiary/aromatic N) is 2. The molecule has 0 aromatic carbocycles. The highest BCUT2D eigenvalue weighted by Gasteiger charge is 2.72. The minimum atomic E-state index is -0.945. The monoisotopic (exact) mass is 510 g/mol. The number of hydrogen-bond donors (Lipinski definition) is 2. The number of piperidine rings is 1. The molecule has 4 fully saturated rings. The first-order chi connectivity index (χ1) is 18.1. The Balaban J connectivity index is 1.59. The van der Waals surface area contributed by atoms with Crippen molar-refractivity contribution in [3.05, 3.63) is 36.5 Å². The molecule has 4 bridgehead atoms. The van der Waals surface area contributed by atoms with E-state index in [1.807, 2.05) is 12.2 Å². The Morgan fingerprint density at radius 1 is 0.838 bits per heavy atom. The van der Waals surface area contributed by atoms with Crippen molar-refractivity contribution in [1.29, 1.82) is 0 Å². The lowest BCUT2D eigenvalue weighted by atomic mass is 9.50. The van der Waals surface area contributed by atoms with E-state index in [1.54, 1.807) is 6.08 Å². The molecule has 0 aromatic rings. The summed E-state index contributed by atoms with van der Waals surface area (Å²) in [5, 5.41) is 23.7. The summed E-state index contributed by atoms with van der Waals surface area (Å²) in [5.41, 5.74) is -1.02. The fourth-order valence-corrected chi connectivity index (χ4v) is 9.12. The maximum atomic E-state index is 13.3. The summed E-state index contributed by atoms with van der Waals surface area (Å²) in [6.07, 6.45) is 27.4. The van der Waals surface area contributed by atoms with E-state index in [9.17, 15) is 15.0 Å². The quantitative estimate of drug-likeness (QED) is 0.382. The summed E-state index contributed by atoms with van der Waals surface area (Å²) in [4.78, 5) is 18.5. The molecule has 5 rings (SSSR count). The molecule has 1 spiro atoms. The number of rotatable bonds is 1. The van der Waals surface area contributed by atoms with Crippen molar-refractivity contribution >= 4 is 6.29 Å². The smallest absolute Gasteiger partial charge is 0.127 e. The van der Waals surface area contributed by atoms with Crippen molar-refractivity contribution in [3.8, 4) is 0 Å². The Hall–Kier alpha value is -1.27. The Morgan fingerprint density at radius 3 is 2.43 bits per heavy atom. The highest BCUT2D eigenvalue weighted by atomic mass is 16.3. The summed E-state index contributed by atoms with van der Waals surface area (Å²) in [6, 6.07) is -0.0345. The Bertz CT molecular complexity index is 855. The van der Waals surface area contributed by atoms with Crippen molar-refractivity contribution in [2.45, 2.75) is 114 Å². The molecule has 7 atom stereocenters. The predicted molar refractivity (Wildman–Crippen MR) is 149 cm³/mol. The fourth-order valence-electron chi connectivity index (χ4n) is 9.12. The molecule has 5 heteroatoms. The average Bonchev–Trinajstić information content (AvgIpc) is 3.15. The van der Waals surface area contributed by atoms with Gasteiger partial charge < -0.3 is 15.0 Å². The van der Waals surface area contributed by atoms with Crippen molar-refractivity contribution in [2.75, 3.05) is 26.2 Å². The van der Waals surface area contributed by atoms with Gasteiger partial charge in [-0.3, -0.25) is 9.80 Å². The molecular formula is C32H50N2O3. The number of hydrogen-bond acceptors (Lipinski definition) is 5. The first-order valence-corrected chi connectivity index (χ1v) is 15.4. The van der Waals surface area contributed by atoms with Crippen LogP contribution in [-0.2, 0) is 4.79 Å². The largest absolute Gasteiger partial charge is 0.388 e. The van der Waals surface area contributed by atoms with E-state index in [1.165, 1.54) is 44.8 Å². The van der Waals surface area contributed by atoms with Gasteiger partial charge in [-0.25, -0.2) is 0 Å². The van der Waals surface area contributed by atoms with Crippen LogP contribution in [0.5, 0.6) is 0 Å². The van der Waals surface area contributed by atoms with Gasteiger partial charge in [-0.2, -0.15) is 0 Å². The molecule has 1 aliphatic carbocycles. The molecule has 0 amide bonds. The standard InChI is InChI=1S/C32H50N2O3/c35-25-31-19-14-10-6-2-4-7-11-15-20-33-22-18-27-26(23-31)24-34-21-16-12-8-3-1-5-9-13-17-28(36)29(37)32(27,34)30(31)33/h3,5,8-9,13,17,25-30,36-37H,1-2,4,6-7,10-12,14-16,18-24H2/b8-3-,9-5-,17-13+/t26-,27-,28+,29-,30+,31+,32-/m1/s1. The van der Waals surface area contributed by atoms with Gasteiger partial charge in [0.2, 0.25) is 0 Å². The van der Waals surface area contributed by atoms with Gasteiger partial charge in [0.05, 0.1) is 5.54 Å². The van der Waals surface area contributed by atoms with Crippen molar-refractivity contribution in [2.24, 2.45) is 17.3 Å². The molecule has 5 nitrogen and oxygen atoms in total. The van der Waals surface area contributed by atoms with Crippen LogP contribution >= 0.6 is 0 Å². The minimum Gasteiger partial charge on any atom is -0.388 e. The third kappa shape index (κ3) is 5.18. The topological polar surface area (TPSA) is 64.0 Å². The summed E-state index contributed by atoms with van der Waals surface area (Å²) < 4.78 is 0. The van der Waals surface area contributed by atoms with Gasteiger partial charge in [-0.05, 0) is 76.4 Å². The normalized spacial score (nSPS) is 45.2. The van der Waals surface area contributed by atoms with E-state index < -0.39 is 23.2 Å². The summed E-state index contributed by atoms with van der Waals surface area (Å²) >= 11 is 0. The van der Waals surface area contributed by atoms with E-state index in [0.717, 1.165) is 77.5 Å². The molecule has 206 valence electrons. The predicted octanol–water partition coefficient (Wildman–Crippen LogP) is 5.04. The van der Waals surface area contributed by atoms with Crippen LogP contribution in [-0.4, -0.2) is 76.3 Å². The van der Waals surface area contributed by atoms with Crippen LogP contribution in [0.15, 0.2) is 36.5 Å². The number of aliphatic hydroxyl groups is 2. The third-order valence-electron chi connectivity index (χ3n) is 10.5. The first kappa shape index (κ1) is 27.3. The van der Waals surface area contributed by atoms with Gasteiger partial charge in [0.1, 0.15) is 18.5 Å². The second-order valence-corrected chi connectivity index (χ2v) is 12.7. The van der Waals surface area contributed by atoms with E-state index in [2.05, 4.69) is 28.0 Å². The molecule has 3 saturated heterocycles.